The fraction of sp³-hybridized carbons (Fsp3) is 0.938. The first kappa shape index (κ1) is 16.5. The van der Waals surface area contributed by atoms with Gasteiger partial charge in [-0.3, -0.25) is 4.79 Å². The molecule has 1 aliphatic heterocycles. The van der Waals surface area contributed by atoms with Gasteiger partial charge in [0.2, 0.25) is 5.91 Å². The number of amides is 1. The van der Waals surface area contributed by atoms with Crippen LogP contribution in [-0.2, 0) is 4.79 Å². The van der Waals surface area contributed by atoms with Crippen molar-refractivity contribution in [2.75, 3.05) is 19.6 Å². The number of piperidine rings is 1. The molecule has 1 fully saturated rings. The van der Waals surface area contributed by atoms with Gasteiger partial charge in [0, 0.05) is 26.1 Å². The molecule has 0 aromatic carbocycles. The minimum absolute atomic E-state index is 0.218. The van der Waals surface area contributed by atoms with Crippen molar-refractivity contribution in [1.29, 1.82) is 0 Å². The van der Waals surface area contributed by atoms with Crippen LogP contribution < -0.4 is 5.32 Å². The van der Waals surface area contributed by atoms with Crippen molar-refractivity contribution < 1.29 is 4.79 Å². The Labute approximate surface area is 119 Å². The minimum atomic E-state index is 0.218. The van der Waals surface area contributed by atoms with Crippen molar-refractivity contribution in [2.24, 2.45) is 17.3 Å². The zero-order valence-electron chi connectivity index (χ0n) is 13.6. The molecule has 0 aromatic rings. The summed E-state index contributed by atoms with van der Waals surface area (Å²) in [7, 11) is 0. The lowest BCUT2D eigenvalue weighted by Gasteiger charge is -2.40. The Balaban J connectivity index is 2.60. The number of carbonyl (C=O) groups is 1. The van der Waals surface area contributed by atoms with E-state index in [1.54, 1.807) is 6.92 Å². The number of nitrogens with one attached hydrogen (secondary N) is 1. The smallest absolute Gasteiger partial charge is 0.219 e. The molecule has 3 heteroatoms. The van der Waals surface area contributed by atoms with Crippen LogP contribution in [0.3, 0.4) is 0 Å². The van der Waals surface area contributed by atoms with Gasteiger partial charge >= 0.3 is 0 Å². The van der Waals surface area contributed by atoms with Crippen LogP contribution in [0.2, 0.25) is 0 Å². The summed E-state index contributed by atoms with van der Waals surface area (Å²) in [5, 5.41) is 3.63. The summed E-state index contributed by atoms with van der Waals surface area (Å²) in [6.45, 7) is 15.9. The molecule has 1 rings (SSSR count). The van der Waals surface area contributed by atoms with E-state index in [2.05, 4.69) is 39.9 Å². The van der Waals surface area contributed by atoms with Gasteiger partial charge in [0.15, 0.2) is 0 Å². The Hall–Kier alpha value is -0.570. The highest BCUT2D eigenvalue weighted by Crippen LogP contribution is 2.30. The standard InChI is InChI=1S/C16H32N2O/c1-12(2)9-17-15-7-14(8-16(4,5)6)10-18(11-15)13(3)19/h12,14-15,17H,7-11H2,1-6H3. The summed E-state index contributed by atoms with van der Waals surface area (Å²) in [5.74, 6) is 1.51. The van der Waals surface area contributed by atoms with Gasteiger partial charge in [0.1, 0.15) is 0 Å². The van der Waals surface area contributed by atoms with Crippen molar-refractivity contribution in [1.82, 2.24) is 10.2 Å². The van der Waals surface area contributed by atoms with E-state index in [9.17, 15) is 4.79 Å². The Kier molecular flexibility index (Phi) is 5.84. The van der Waals surface area contributed by atoms with Gasteiger partial charge in [-0.1, -0.05) is 34.6 Å². The third-order valence-electron chi connectivity index (χ3n) is 3.70. The number of hydrogen-bond donors (Lipinski definition) is 1. The minimum Gasteiger partial charge on any atom is -0.341 e. The van der Waals surface area contributed by atoms with Crippen molar-refractivity contribution >= 4 is 5.91 Å². The molecule has 0 radical (unpaired) electrons. The van der Waals surface area contributed by atoms with Crippen LogP contribution in [0.1, 0.15) is 54.4 Å². The van der Waals surface area contributed by atoms with Gasteiger partial charge in [-0.05, 0) is 36.6 Å². The van der Waals surface area contributed by atoms with Gasteiger partial charge in [0.25, 0.3) is 0 Å². The van der Waals surface area contributed by atoms with Gasteiger partial charge in [-0.2, -0.15) is 0 Å². The number of rotatable bonds is 4. The van der Waals surface area contributed by atoms with Crippen LogP contribution in [0, 0.1) is 17.3 Å². The molecule has 1 N–H and O–H groups in total. The third kappa shape index (κ3) is 6.42. The monoisotopic (exact) mass is 268 g/mol. The van der Waals surface area contributed by atoms with E-state index in [-0.39, 0.29) is 5.91 Å². The Morgan fingerprint density at radius 1 is 1.32 bits per heavy atom. The lowest BCUT2D eigenvalue weighted by atomic mass is 9.80. The van der Waals surface area contributed by atoms with E-state index < -0.39 is 0 Å². The molecule has 112 valence electrons. The molecule has 3 nitrogen and oxygen atoms in total. The molecule has 1 aliphatic rings. The molecule has 2 unspecified atom stereocenters. The van der Waals surface area contributed by atoms with Gasteiger partial charge < -0.3 is 10.2 Å². The molecular formula is C16H32N2O. The van der Waals surface area contributed by atoms with E-state index in [1.807, 2.05) is 4.90 Å². The molecular weight excluding hydrogens is 236 g/mol. The molecule has 1 heterocycles. The van der Waals surface area contributed by atoms with Crippen LogP contribution in [0.4, 0.5) is 0 Å². The summed E-state index contributed by atoms with van der Waals surface area (Å²) in [4.78, 5) is 13.7. The molecule has 2 atom stereocenters. The zero-order chi connectivity index (χ0) is 14.6. The second-order valence-corrected chi connectivity index (χ2v) is 7.79. The van der Waals surface area contributed by atoms with E-state index in [0.717, 1.165) is 19.6 Å². The quantitative estimate of drug-likeness (QED) is 0.850. The molecule has 0 bridgehead atoms. The molecule has 0 aliphatic carbocycles. The highest BCUT2D eigenvalue weighted by molar-refractivity contribution is 5.73. The summed E-state index contributed by atoms with van der Waals surface area (Å²) >= 11 is 0. The lowest BCUT2D eigenvalue weighted by molar-refractivity contribution is -0.131. The number of carbonyl (C=O) groups excluding carboxylic acids is 1. The summed E-state index contributed by atoms with van der Waals surface area (Å²) in [6.07, 6.45) is 2.39. The Morgan fingerprint density at radius 3 is 2.42 bits per heavy atom. The van der Waals surface area contributed by atoms with Crippen LogP contribution in [0.5, 0.6) is 0 Å². The third-order valence-corrected chi connectivity index (χ3v) is 3.70. The largest absolute Gasteiger partial charge is 0.341 e. The molecule has 1 saturated heterocycles. The first-order valence-corrected chi connectivity index (χ1v) is 7.66. The first-order chi connectivity index (χ1) is 8.67. The van der Waals surface area contributed by atoms with Gasteiger partial charge in [-0.25, -0.2) is 0 Å². The van der Waals surface area contributed by atoms with E-state index in [1.165, 1.54) is 12.8 Å². The van der Waals surface area contributed by atoms with E-state index >= 15 is 0 Å². The Bertz CT molecular complexity index is 294. The maximum absolute atomic E-state index is 11.7. The molecule has 0 saturated carbocycles. The topological polar surface area (TPSA) is 32.3 Å². The molecule has 19 heavy (non-hydrogen) atoms. The first-order valence-electron chi connectivity index (χ1n) is 7.66. The number of hydrogen-bond acceptors (Lipinski definition) is 2. The average molecular weight is 268 g/mol. The fourth-order valence-corrected chi connectivity index (χ4v) is 3.02. The molecule has 1 amide bonds. The van der Waals surface area contributed by atoms with Crippen LogP contribution in [-0.4, -0.2) is 36.5 Å². The van der Waals surface area contributed by atoms with Gasteiger partial charge in [0.05, 0.1) is 0 Å². The molecule has 0 aromatic heterocycles. The maximum atomic E-state index is 11.7. The van der Waals surface area contributed by atoms with Crippen molar-refractivity contribution in [2.45, 2.75) is 60.4 Å². The van der Waals surface area contributed by atoms with E-state index in [4.69, 9.17) is 0 Å². The van der Waals surface area contributed by atoms with Crippen LogP contribution in [0.25, 0.3) is 0 Å². The van der Waals surface area contributed by atoms with Crippen LogP contribution >= 0.6 is 0 Å². The van der Waals surface area contributed by atoms with Crippen molar-refractivity contribution in [3.05, 3.63) is 0 Å². The predicted molar refractivity (Wildman–Crippen MR) is 81.1 cm³/mol. The number of nitrogens with zero attached hydrogens (tertiary/aromatic N) is 1. The molecule has 0 spiro atoms. The highest BCUT2D eigenvalue weighted by atomic mass is 16.2. The van der Waals surface area contributed by atoms with E-state index in [0.29, 0.717) is 23.3 Å². The average Bonchev–Trinajstić information content (AvgIpc) is 2.23. The zero-order valence-corrected chi connectivity index (χ0v) is 13.6. The van der Waals surface area contributed by atoms with Crippen molar-refractivity contribution in [3.8, 4) is 0 Å². The SMILES string of the molecule is CC(=O)N1CC(CC(C)(C)C)CC(NCC(C)C)C1. The Morgan fingerprint density at radius 2 is 1.95 bits per heavy atom. The highest BCUT2D eigenvalue weighted by Gasteiger charge is 2.30. The second kappa shape index (κ2) is 6.74. The summed E-state index contributed by atoms with van der Waals surface area (Å²) in [6, 6.07) is 0.465. The maximum Gasteiger partial charge on any atom is 0.219 e. The van der Waals surface area contributed by atoms with Gasteiger partial charge in [-0.15, -0.1) is 0 Å². The van der Waals surface area contributed by atoms with Crippen molar-refractivity contribution in [3.63, 3.8) is 0 Å². The predicted octanol–water partition coefficient (Wildman–Crippen LogP) is 2.91. The lowest BCUT2D eigenvalue weighted by Crippen LogP contribution is -2.51. The number of likely N-dealkylation sites (tertiary alicyclic amines) is 1. The van der Waals surface area contributed by atoms with Crippen LogP contribution in [0.15, 0.2) is 0 Å². The fourth-order valence-electron chi connectivity index (χ4n) is 3.02. The summed E-state index contributed by atoms with van der Waals surface area (Å²) in [5.41, 5.74) is 0.340. The normalized spacial score (nSPS) is 24.9. The summed E-state index contributed by atoms with van der Waals surface area (Å²) < 4.78 is 0. The second-order valence-electron chi connectivity index (χ2n) is 7.79.